The minimum atomic E-state index is -2.85. The van der Waals surface area contributed by atoms with Gasteiger partial charge in [0, 0.05) is 12.5 Å². The van der Waals surface area contributed by atoms with Crippen LogP contribution in [0.4, 0.5) is 0 Å². The van der Waals surface area contributed by atoms with Gasteiger partial charge in [-0.1, -0.05) is 13.8 Å². The number of aromatic nitrogens is 2. The first-order chi connectivity index (χ1) is 8.54. The summed E-state index contributed by atoms with van der Waals surface area (Å²) in [5, 5.41) is 7.89. The maximum absolute atomic E-state index is 11.5. The van der Waals surface area contributed by atoms with Crippen LogP contribution in [-0.2, 0) is 22.8 Å². The molecular formula is C11H19N3O3S. The van der Waals surface area contributed by atoms with Gasteiger partial charge in [-0.2, -0.15) is 0 Å². The predicted octanol–water partition coefficient (Wildman–Crippen LogP) is 0.641. The SMILES string of the molecule is CCc1nnc(CN(CC)[C@H]2CCS(=O)(=O)C2)o1. The molecule has 0 amide bonds. The van der Waals surface area contributed by atoms with Crippen LogP contribution in [0, 0.1) is 0 Å². The Morgan fingerprint density at radius 2 is 2.06 bits per heavy atom. The highest BCUT2D eigenvalue weighted by atomic mass is 32.2. The molecule has 0 N–H and O–H groups in total. The van der Waals surface area contributed by atoms with Crippen LogP contribution in [0.3, 0.4) is 0 Å². The van der Waals surface area contributed by atoms with E-state index in [0.29, 0.717) is 24.7 Å². The lowest BCUT2D eigenvalue weighted by atomic mass is 10.2. The van der Waals surface area contributed by atoms with Crippen molar-refractivity contribution in [1.29, 1.82) is 0 Å². The first-order valence-electron chi connectivity index (χ1n) is 6.29. The quantitative estimate of drug-likeness (QED) is 0.783. The molecule has 2 rings (SSSR count). The maximum atomic E-state index is 11.5. The van der Waals surface area contributed by atoms with Crippen molar-refractivity contribution in [2.24, 2.45) is 0 Å². The molecule has 1 saturated heterocycles. The zero-order chi connectivity index (χ0) is 13.2. The van der Waals surface area contributed by atoms with Crippen molar-refractivity contribution >= 4 is 9.84 Å². The summed E-state index contributed by atoms with van der Waals surface area (Å²) in [5.41, 5.74) is 0. The van der Waals surface area contributed by atoms with Gasteiger partial charge in [0.2, 0.25) is 11.8 Å². The topological polar surface area (TPSA) is 76.3 Å². The van der Waals surface area contributed by atoms with Crippen LogP contribution in [0.1, 0.15) is 32.0 Å². The molecule has 1 aromatic heterocycles. The van der Waals surface area contributed by atoms with Gasteiger partial charge in [-0.15, -0.1) is 10.2 Å². The molecule has 0 spiro atoms. The zero-order valence-corrected chi connectivity index (χ0v) is 11.6. The molecule has 1 fully saturated rings. The first-order valence-corrected chi connectivity index (χ1v) is 8.12. The lowest BCUT2D eigenvalue weighted by molar-refractivity contribution is 0.193. The molecule has 6 nitrogen and oxygen atoms in total. The molecule has 1 aromatic rings. The van der Waals surface area contributed by atoms with Gasteiger partial charge in [-0.05, 0) is 13.0 Å². The number of hydrogen-bond acceptors (Lipinski definition) is 6. The Bertz CT molecular complexity index is 497. The zero-order valence-electron chi connectivity index (χ0n) is 10.8. The van der Waals surface area contributed by atoms with Gasteiger partial charge in [0.05, 0.1) is 18.1 Å². The highest BCUT2D eigenvalue weighted by molar-refractivity contribution is 7.91. The van der Waals surface area contributed by atoms with E-state index in [9.17, 15) is 8.42 Å². The van der Waals surface area contributed by atoms with E-state index < -0.39 is 9.84 Å². The maximum Gasteiger partial charge on any atom is 0.230 e. The van der Waals surface area contributed by atoms with Crippen LogP contribution in [0.25, 0.3) is 0 Å². The van der Waals surface area contributed by atoms with Gasteiger partial charge in [-0.25, -0.2) is 8.42 Å². The lowest BCUT2D eigenvalue weighted by Crippen LogP contribution is -2.35. The molecule has 1 atom stereocenters. The van der Waals surface area contributed by atoms with Gasteiger partial charge in [0.1, 0.15) is 0 Å². The molecule has 102 valence electrons. The van der Waals surface area contributed by atoms with Crippen molar-refractivity contribution in [3.63, 3.8) is 0 Å². The molecule has 0 radical (unpaired) electrons. The number of hydrogen-bond donors (Lipinski definition) is 0. The summed E-state index contributed by atoms with van der Waals surface area (Å²) in [6.07, 6.45) is 1.42. The summed E-state index contributed by atoms with van der Waals surface area (Å²) in [6, 6.07) is 0.0805. The molecule has 2 heterocycles. The minimum Gasteiger partial charge on any atom is -0.424 e. The first kappa shape index (κ1) is 13.5. The molecule has 18 heavy (non-hydrogen) atoms. The van der Waals surface area contributed by atoms with Crippen LogP contribution < -0.4 is 0 Å². The van der Waals surface area contributed by atoms with Gasteiger partial charge in [-0.3, -0.25) is 4.90 Å². The van der Waals surface area contributed by atoms with E-state index in [0.717, 1.165) is 13.0 Å². The van der Waals surface area contributed by atoms with Crippen molar-refractivity contribution in [2.45, 2.75) is 39.3 Å². The third kappa shape index (κ3) is 3.08. The Morgan fingerprint density at radius 1 is 1.33 bits per heavy atom. The number of rotatable bonds is 5. The van der Waals surface area contributed by atoms with E-state index in [-0.39, 0.29) is 17.5 Å². The van der Waals surface area contributed by atoms with E-state index in [1.165, 1.54) is 0 Å². The number of aryl methyl sites for hydroxylation is 1. The summed E-state index contributed by atoms with van der Waals surface area (Å²) in [7, 11) is -2.85. The van der Waals surface area contributed by atoms with Crippen molar-refractivity contribution < 1.29 is 12.8 Å². The second-order valence-corrected chi connectivity index (χ2v) is 6.79. The summed E-state index contributed by atoms with van der Waals surface area (Å²) in [5.74, 6) is 1.73. The van der Waals surface area contributed by atoms with Gasteiger partial charge in [0.15, 0.2) is 9.84 Å². The molecule has 0 aromatic carbocycles. The third-order valence-corrected chi connectivity index (χ3v) is 5.03. The van der Waals surface area contributed by atoms with Crippen molar-refractivity contribution in [1.82, 2.24) is 15.1 Å². The molecule has 1 aliphatic heterocycles. The van der Waals surface area contributed by atoms with Gasteiger partial charge >= 0.3 is 0 Å². The average molecular weight is 273 g/mol. The Hall–Kier alpha value is -0.950. The largest absolute Gasteiger partial charge is 0.424 e. The molecule has 0 saturated carbocycles. The number of sulfone groups is 1. The highest BCUT2D eigenvalue weighted by Crippen LogP contribution is 2.19. The summed E-state index contributed by atoms with van der Waals surface area (Å²) >= 11 is 0. The van der Waals surface area contributed by atoms with E-state index >= 15 is 0 Å². The van der Waals surface area contributed by atoms with Gasteiger partial charge in [0.25, 0.3) is 0 Å². The van der Waals surface area contributed by atoms with E-state index in [1.807, 2.05) is 13.8 Å². The van der Waals surface area contributed by atoms with Crippen molar-refractivity contribution in [3.05, 3.63) is 11.8 Å². The third-order valence-electron chi connectivity index (χ3n) is 3.28. The smallest absolute Gasteiger partial charge is 0.230 e. The van der Waals surface area contributed by atoms with Crippen LogP contribution in [0.5, 0.6) is 0 Å². The molecule has 0 aliphatic carbocycles. The Kier molecular flexibility index (Phi) is 4.01. The molecular weight excluding hydrogens is 254 g/mol. The standard InChI is InChI=1S/C11H19N3O3S/c1-3-10-12-13-11(17-10)7-14(4-2)9-5-6-18(15,16)8-9/h9H,3-8H2,1-2H3/t9-/m0/s1. The molecule has 0 unspecified atom stereocenters. The monoisotopic (exact) mass is 273 g/mol. The number of nitrogens with zero attached hydrogens (tertiary/aromatic N) is 3. The average Bonchev–Trinajstić information content (AvgIpc) is 2.92. The second-order valence-electron chi connectivity index (χ2n) is 4.56. The Morgan fingerprint density at radius 3 is 2.56 bits per heavy atom. The highest BCUT2D eigenvalue weighted by Gasteiger charge is 2.32. The van der Waals surface area contributed by atoms with Crippen molar-refractivity contribution in [3.8, 4) is 0 Å². The van der Waals surface area contributed by atoms with Crippen LogP contribution >= 0.6 is 0 Å². The van der Waals surface area contributed by atoms with Gasteiger partial charge < -0.3 is 4.42 Å². The fourth-order valence-electron chi connectivity index (χ4n) is 2.23. The normalized spacial score (nSPS) is 22.7. The minimum absolute atomic E-state index is 0.0805. The summed E-state index contributed by atoms with van der Waals surface area (Å²) in [4.78, 5) is 2.09. The van der Waals surface area contributed by atoms with Crippen molar-refractivity contribution in [2.75, 3.05) is 18.1 Å². The predicted molar refractivity (Wildman–Crippen MR) is 66.8 cm³/mol. The van der Waals surface area contributed by atoms with Crippen LogP contribution in [0.15, 0.2) is 4.42 Å². The molecule has 0 bridgehead atoms. The Labute approximate surface area is 107 Å². The Balaban J connectivity index is 2.01. The van der Waals surface area contributed by atoms with E-state index in [2.05, 4.69) is 15.1 Å². The van der Waals surface area contributed by atoms with Crippen LogP contribution in [-0.4, -0.2) is 47.6 Å². The summed E-state index contributed by atoms with van der Waals surface area (Å²) < 4.78 is 28.4. The van der Waals surface area contributed by atoms with E-state index in [4.69, 9.17) is 4.42 Å². The van der Waals surface area contributed by atoms with Crippen LogP contribution in [0.2, 0.25) is 0 Å². The second kappa shape index (κ2) is 5.36. The fraction of sp³-hybridized carbons (Fsp3) is 0.818. The fourth-order valence-corrected chi connectivity index (χ4v) is 3.99. The lowest BCUT2D eigenvalue weighted by Gasteiger charge is -2.24. The molecule has 1 aliphatic rings. The molecule has 7 heteroatoms. The summed E-state index contributed by atoms with van der Waals surface area (Å²) in [6.45, 7) is 5.29. The van der Waals surface area contributed by atoms with E-state index in [1.54, 1.807) is 0 Å².